The molecule has 1 saturated heterocycles. The zero-order valence-electron chi connectivity index (χ0n) is 13.4. The molecule has 3 heteroatoms. The second-order valence-electron chi connectivity index (χ2n) is 5.95. The fourth-order valence-electron chi connectivity index (χ4n) is 3.29. The van der Waals surface area contributed by atoms with Gasteiger partial charge in [-0.1, -0.05) is 91.0 Å². The van der Waals surface area contributed by atoms with Crippen LogP contribution < -0.4 is 15.9 Å². The lowest BCUT2D eigenvalue weighted by Crippen LogP contribution is -2.34. The minimum Gasteiger partial charge on any atom is -0.373 e. The van der Waals surface area contributed by atoms with Gasteiger partial charge in [0.1, 0.15) is 0 Å². The molecule has 0 aliphatic carbocycles. The first-order valence-corrected chi connectivity index (χ1v) is 10.0. The van der Waals surface area contributed by atoms with E-state index >= 15 is 0 Å². The van der Waals surface area contributed by atoms with Gasteiger partial charge in [0.2, 0.25) is 0 Å². The first kappa shape index (κ1) is 17.2. The molecule has 1 radical (unpaired) electrons. The smallest absolute Gasteiger partial charge is 0.0854 e. The lowest BCUT2D eigenvalue weighted by atomic mass is 10.4. The number of hydrogen-bond acceptors (Lipinski definition) is 1. The highest BCUT2D eigenvalue weighted by Crippen LogP contribution is 2.57. The minimum atomic E-state index is -1.67. The summed E-state index contributed by atoms with van der Waals surface area (Å²) < 4.78 is 5.66. The van der Waals surface area contributed by atoms with E-state index < -0.39 is 7.26 Å². The Labute approximate surface area is 150 Å². The highest BCUT2D eigenvalue weighted by molar-refractivity contribution is 7.95. The second-order valence-corrected chi connectivity index (χ2v) is 9.49. The fourth-order valence-corrected chi connectivity index (χ4v) is 7.68. The van der Waals surface area contributed by atoms with E-state index in [0.717, 1.165) is 12.8 Å². The average Bonchev–Trinajstić information content (AvgIpc) is 3.46. The number of ether oxygens (including phenoxy) is 1. The maximum absolute atomic E-state index is 5.66. The topological polar surface area (TPSA) is 12.5 Å². The Bertz CT molecular complexity index is 661. The molecule has 0 bridgehead atoms. The van der Waals surface area contributed by atoms with Crippen molar-refractivity contribution >= 4 is 35.6 Å². The van der Waals surface area contributed by atoms with E-state index in [1.807, 2.05) is 0 Å². The highest BCUT2D eigenvalue weighted by atomic mass is 35.5. The van der Waals surface area contributed by atoms with Crippen molar-refractivity contribution in [1.82, 2.24) is 0 Å². The van der Waals surface area contributed by atoms with Crippen molar-refractivity contribution in [1.29, 1.82) is 0 Å². The Balaban J connectivity index is 0.00000169. The van der Waals surface area contributed by atoms with Crippen molar-refractivity contribution in [2.75, 3.05) is 12.8 Å². The molecule has 1 aliphatic heterocycles. The van der Waals surface area contributed by atoms with Crippen molar-refractivity contribution in [2.45, 2.75) is 6.10 Å². The van der Waals surface area contributed by atoms with Crippen LogP contribution in [0.4, 0.5) is 0 Å². The Hall–Kier alpha value is -1.66. The quantitative estimate of drug-likeness (QED) is 0.501. The van der Waals surface area contributed by atoms with Crippen LogP contribution in [-0.4, -0.2) is 18.9 Å². The van der Waals surface area contributed by atoms with E-state index in [1.165, 1.54) is 15.9 Å². The first-order chi connectivity index (χ1) is 11.4. The molecule has 1 aliphatic rings. The molecule has 0 N–H and O–H groups in total. The Morgan fingerprint density at radius 2 is 1.00 bits per heavy atom. The van der Waals surface area contributed by atoms with Crippen LogP contribution in [0.2, 0.25) is 0 Å². The molecule has 1 fully saturated rings. The fraction of sp³-hybridized carbons (Fsp3) is 0.143. The number of benzene rings is 3. The van der Waals surface area contributed by atoms with Crippen molar-refractivity contribution in [2.24, 2.45) is 0 Å². The van der Waals surface area contributed by atoms with E-state index in [9.17, 15) is 0 Å². The molecular formula is C21H21ClOP. The van der Waals surface area contributed by atoms with Crippen LogP contribution in [0, 0.1) is 0 Å². The summed E-state index contributed by atoms with van der Waals surface area (Å²) in [5, 5.41) is 4.31. The highest BCUT2D eigenvalue weighted by Gasteiger charge is 2.40. The van der Waals surface area contributed by atoms with Crippen LogP contribution in [0.25, 0.3) is 0 Å². The third-order valence-corrected chi connectivity index (χ3v) is 8.96. The molecule has 4 rings (SSSR count). The normalized spacial score (nSPS) is 16.2. The van der Waals surface area contributed by atoms with Crippen molar-refractivity contribution in [3.63, 3.8) is 0 Å². The van der Waals surface area contributed by atoms with Crippen molar-refractivity contribution in [3.05, 3.63) is 91.0 Å². The molecule has 0 aromatic heterocycles. The van der Waals surface area contributed by atoms with Gasteiger partial charge >= 0.3 is 0 Å². The van der Waals surface area contributed by atoms with E-state index in [1.54, 1.807) is 0 Å². The SMILES string of the molecule is Cl.c1ccc([P](CC2CO2)(c2ccccc2)c2ccccc2)cc1. The van der Waals surface area contributed by atoms with Gasteiger partial charge < -0.3 is 4.74 Å². The molecule has 1 nitrogen and oxygen atoms in total. The van der Waals surface area contributed by atoms with Crippen LogP contribution in [0.5, 0.6) is 0 Å². The van der Waals surface area contributed by atoms with Gasteiger partial charge in [0.05, 0.1) is 12.7 Å². The van der Waals surface area contributed by atoms with Crippen molar-refractivity contribution in [3.8, 4) is 0 Å². The summed E-state index contributed by atoms with van der Waals surface area (Å²) in [5.74, 6) is 0. The third kappa shape index (κ3) is 3.26. The van der Waals surface area contributed by atoms with E-state index in [4.69, 9.17) is 4.74 Å². The average molecular weight is 356 g/mol. The maximum Gasteiger partial charge on any atom is 0.0854 e. The summed E-state index contributed by atoms with van der Waals surface area (Å²) >= 11 is 0. The number of halogens is 1. The maximum atomic E-state index is 5.66. The predicted octanol–water partition coefficient (Wildman–Crippen LogP) is 3.80. The summed E-state index contributed by atoms with van der Waals surface area (Å²) in [7, 11) is -1.67. The lowest BCUT2D eigenvalue weighted by molar-refractivity contribution is 0.425. The molecule has 123 valence electrons. The number of epoxide rings is 1. The Morgan fingerprint density at radius 1 is 0.667 bits per heavy atom. The molecule has 3 aromatic carbocycles. The standard InChI is InChI=1S/C21H20OP.ClH/c1-4-10-19(11-5-1)23(17-18-16-22-18,20-12-6-2-7-13-20)21-14-8-3-9-15-21;/h1-15,18H,16-17H2;1H. The zero-order valence-corrected chi connectivity index (χ0v) is 15.1. The Morgan fingerprint density at radius 3 is 1.29 bits per heavy atom. The minimum absolute atomic E-state index is 0. The second kappa shape index (κ2) is 7.49. The molecule has 0 amide bonds. The molecule has 1 unspecified atom stereocenters. The van der Waals surface area contributed by atoms with Crippen LogP contribution in [0.1, 0.15) is 0 Å². The molecule has 0 spiro atoms. The van der Waals surface area contributed by atoms with Gasteiger partial charge in [0.25, 0.3) is 0 Å². The monoisotopic (exact) mass is 355 g/mol. The number of hydrogen-bond donors (Lipinski definition) is 0. The molecule has 0 saturated carbocycles. The first-order valence-electron chi connectivity index (χ1n) is 8.06. The summed E-state index contributed by atoms with van der Waals surface area (Å²) in [4.78, 5) is 0. The molecule has 24 heavy (non-hydrogen) atoms. The van der Waals surface area contributed by atoms with Crippen LogP contribution in [-0.2, 0) is 4.74 Å². The molecule has 3 aromatic rings. The van der Waals surface area contributed by atoms with Gasteiger partial charge in [-0.05, 0) is 23.2 Å². The van der Waals surface area contributed by atoms with Crippen LogP contribution >= 0.6 is 19.7 Å². The number of rotatable bonds is 5. The summed E-state index contributed by atoms with van der Waals surface area (Å²) in [6.07, 6.45) is 1.48. The van der Waals surface area contributed by atoms with Gasteiger partial charge in [-0.15, -0.1) is 12.4 Å². The van der Waals surface area contributed by atoms with Crippen molar-refractivity contribution < 1.29 is 4.74 Å². The molecular weight excluding hydrogens is 335 g/mol. The lowest BCUT2D eigenvalue weighted by Gasteiger charge is -2.38. The Kier molecular flexibility index (Phi) is 5.36. The molecule has 1 heterocycles. The van der Waals surface area contributed by atoms with Gasteiger partial charge in [-0.25, -0.2) is 0 Å². The van der Waals surface area contributed by atoms with Gasteiger partial charge in [-0.3, -0.25) is 0 Å². The third-order valence-electron chi connectivity index (χ3n) is 4.47. The summed E-state index contributed by atoms with van der Waals surface area (Å²) in [6, 6.07) is 33.0. The van der Waals surface area contributed by atoms with Crippen LogP contribution in [0.15, 0.2) is 91.0 Å². The predicted molar refractivity (Wildman–Crippen MR) is 107 cm³/mol. The van der Waals surface area contributed by atoms with Gasteiger partial charge in [-0.2, -0.15) is 0 Å². The van der Waals surface area contributed by atoms with E-state index in [-0.39, 0.29) is 12.4 Å². The largest absolute Gasteiger partial charge is 0.373 e. The summed E-state index contributed by atoms with van der Waals surface area (Å²) in [5.41, 5.74) is 0. The summed E-state index contributed by atoms with van der Waals surface area (Å²) in [6.45, 7) is 0.897. The van der Waals surface area contributed by atoms with Gasteiger partial charge in [0.15, 0.2) is 0 Å². The zero-order chi connectivity index (χ0) is 15.5. The van der Waals surface area contributed by atoms with Gasteiger partial charge in [0, 0.05) is 6.16 Å². The van der Waals surface area contributed by atoms with E-state index in [0.29, 0.717) is 6.10 Å². The van der Waals surface area contributed by atoms with E-state index in [2.05, 4.69) is 91.0 Å². The molecule has 1 atom stereocenters. The van der Waals surface area contributed by atoms with Crippen LogP contribution in [0.3, 0.4) is 0 Å².